The van der Waals surface area contributed by atoms with Gasteiger partial charge < -0.3 is 10.4 Å². The Morgan fingerprint density at radius 2 is 2.06 bits per heavy atom. The third-order valence-electron chi connectivity index (χ3n) is 3.36. The van der Waals surface area contributed by atoms with E-state index in [2.05, 4.69) is 12.2 Å². The molecule has 17 heavy (non-hydrogen) atoms. The second-order valence-corrected chi connectivity index (χ2v) is 5.30. The molecule has 2 N–H and O–H groups in total. The molecule has 0 saturated heterocycles. The van der Waals surface area contributed by atoms with E-state index in [1.165, 1.54) is 18.9 Å². The highest BCUT2D eigenvalue weighted by Gasteiger charge is 2.28. The number of hydrogen-bond acceptors (Lipinski definition) is 2. The summed E-state index contributed by atoms with van der Waals surface area (Å²) < 4.78 is 0. The molecule has 1 aliphatic carbocycles. The van der Waals surface area contributed by atoms with E-state index in [0.29, 0.717) is 5.02 Å². The van der Waals surface area contributed by atoms with Gasteiger partial charge >= 0.3 is 5.97 Å². The molecule has 1 aromatic rings. The number of carbonyl (C=O) groups is 1. The minimum Gasteiger partial charge on any atom is -0.478 e. The van der Waals surface area contributed by atoms with Crippen molar-refractivity contribution >= 4 is 23.3 Å². The van der Waals surface area contributed by atoms with Crippen LogP contribution in [-0.2, 0) is 0 Å². The third kappa shape index (κ3) is 2.72. The predicted molar refractivity (Wildman–Crippen MR) is 68.9 cm³/mol. The van der Waals surface area contributed by atoms with Crippen molar-refractivity contribution in [1.82, 2.24) is 0 Å². The Balaban J connectivity index is 2.19. The normalized spacial score (nSPS) is 18.0. The zero-order valence-corrected chi connectivity index (χ0v) is 10.5. The first kappa shape index (κ1) is 12.2. The Hall–Kier alpha value is -1.22. The van der Waals surface area contributed by atoms with Crippen molar-refractivity contribution in [3.8, 4) is 0 Å². The summed E-state index contributed by atoms with van der Waals surface area (Å²) >= 11 is 6.09. The van der Waals surface area contributed by atoms with Crippen molar-refractivity contribution in [2.45, 2.75) is 38.1 Å². The van der Waals surface area contributed by atoms with Crippen LogP contribution < -0.4 is 5.32 Å². The van der Waals surface area contributed by atoms with Crippen LogP contribution in [0.3, 0.4) is 0 Å². The average Bonchev–Trinajstić information content (AvgIpc) is 2.68. The summed E-state index contributed by atoms with van der Waals surface area (Å²) in [5.41, 5.74) is 1.13. The number of rotatable bonds is 3. The summed E-state index contributed by atoms with van der Waals surface area (Å²) in [5, 5.41) is 12.8. The molecular formula is C13H16ClNO2. The lowest BCUT2D eigenvalue weighted by atomic mass is 10.00. The zero-order valence-electron chi connectivity index (χ0n) is 9.79. The molecule has 0 radical (unpaired) electrons. The van der Waals surface area contributed by atoms with E-state index in [1.807, 2.05) is 0 Å². The van der Waals surface area contributed by atoms with Gasteiger partial charge in [-0.2, -0.15) is 0 Å². The van der Waals surface area contributed by atoms with Crippen LogP contribution in [0.25, 0.3) is 0 Å². The van der Waals surface area contributed by atoms with Crippen molar-refractivity contribution in [1.29, 1.82) is 0 Å². The average molecular weight is 254 g/mol. The van der Waals surface area contributed by atoms with E-state index in [9.17, 15) is 4.79 Å². The first-order valence-electron chi connectivity index (χ1n) is 5.81. The molecule has 0 spiro atoms. The molecule has 1 fully saturated rings. The highest BCUT2D eigenvalue weighted by Crippen LogP contribution is 2.35. The van der Waals surface area contributed by atoms with E-state index in [0.717, 1.165) is 18.5 Å². The van der Waals surface area contributed by atoms with Crippen LogP contribution in [0, 0.1) is 0 Å². The highest BCUT2D eigenvalue weighted by atomic mass is 35.5. The van der Waals surface area contributed by atoms with E-state index in [1.54, 1.807) is 12.1 Å². The van der Waals surface area contributed by atoms with Crippen molar-refractivity contribution in [2.24, 2.45) is 0 Å². The molecule has 1 saturated carbocycles. The maximum Gasteiger partial charge on any atom is 0.335 e. The molecule has 4 heteroatoms. The van der Waals surface area contributed by atoms with Crippen LogP contribution in [0.15, 0.2) is 18.2 Å². The number of carboxylic acid groups (broad SMARTS) is 1. The maximum absolute atomic E-state index is 10.8. The molecule has 1 aliphatic rings. The number of aromatic carboxylic acids is 1. The number of carboxylic acids is 1. The van der Waals surface area contributed by atoms with Crippen molar-refractivity contribution in [2.75, 3.05) is 5.32 Å². The first-order chi connectivity index (χ1) is 8.00. The Morgan fingerprint density at radius 3 is 2.59 bits per heavy atom. The lowest BCUT2D eigenvalue weighted by Crippen LogP contribution is -2.30. The molecule has 0 amide bonds. The molecule has 0 heterocycles. The molecule has 0 atom stereocenters. The van der Waals surface area contributed by atoms with Gasteiger partial charge in [-0.05, 0) is 38.0 Å². The first-order valence-corrected chi connectivity index (χ1v) is 6.19. The number of anilines is 1. The van der Waals surface area contributed by atoms with Gasteiger partial charge in [0.2, 0.25) is 0 Å². The standard InChI is InChI=1S/C13H16ClNO2/c1-13(6-2-3-7-13)15-11-5-4-9(12(16)17)8-10(11)14/h4-5,8,15H,2-3,6-7H2,1H3,(H,16,17). The third-order valence-corrected chi connectivity index (χ3v) is 3.67. The van der Waals surface area contributed by atoms with Crippen LogP contribution in [0.4, 0.5) is 5.69 Å². The van der Waals surface area contributed by atoms with Gasteiger partial charge in [0.1, 0.15) is 0 Å². The topological polar surface area (TPSA) is 49.3 Å². The van der Waals surface area contributed by atoms with Crippen LogP contribution in [0.2, 0.25) is 5.02 Å². The highest BCUT2D eigenvalue weighted by molar-refractivity contribution is 6.33. The summed E-state index contributed by atoms with van der Waals surface area (Å²) in [5.74, 6) is -0.953. The van der Waals surface area contributed by atoms with Gasteiger partial charge in [0.05, 0.1) is 16.3 Å². The molecule has 0 aliphatic heterocycles. The van der Waals surface area contributed by atoms with E-state index >= 15 is 0 Å². The molecule has 2 rings (SSSR count). The number of nitrogens with one attached hydrogen (secondary N) is 1. The van der Waals surface area contributed by atoms with E-state index in [4.69, 9.17) is 16.7 Å². The number of benzene rings is 1. The number of halogens is 1. The van der Waals surface area contributed by atoms with Gasteiger partial charge in [-0.1, -0.05) is 24.4 Å². The Morgan fingerprint density at radius 1 is 1.41 bits per heavy atom. The SMILES string of the molecule is CC1(Nc2ccc(C(=O)O)cc2Cl)CCCC1. The van der Waals surface area contributed by atoms with Crippen molar-refractivity contribution < 1.29 is 9.90 Å². The Bertz CT molecular complexity index is 439. The monoisotopic (exact) mass is 253 g/mol. The number of hydrogen-bond donors (Lipinski definition) is 2. The van der Waals surface area contributed by atoms with Gasteiger partial charge in [-0.3, -0.25) is 0 Å². The minimum atomic E-state index is -0.953. The van der Waals surface area contributed by atoms with Crippen LogP contribution >= 0.6 is 11.6 Å². The van der Waals surface area contributed by atoms with Crippen molar-refractivity contribution in [3.63, 3.8) is 0 Å². The molecule has 92 valence electrons. The molecule has 0 aromatic heterocycles. The summed E-state index contributed by atoms with van der Waals surface area (Å²) in [4.78, 5) is 10.8. The van der Waals surface area contributed by atoms with Gasteiger partial charge in [0, 0.05) is 5.54 Å². The fraction of sp³-hybridized carbons (Fsp3) is 0.462. The molecule has 0 unspecified atom stereocenters. The lowest BCUT2D eigenvalue weighted by molar-refractivity contribution is 0.0697. The predicted octanol–water partition coefficient (Wildman–Crippen LogP) is 3.78. The van der Waals surface area contributed by atoms with Gasteiger partial charge in [0.25, 0.3) is 0 Å². The summed E-state index contributed by atoms with van der Waals surface area (Å²) in [6.45, 7) is 2.18. The summed E-state index contributed by atoms with van der Waals surface area (Å²) in [6.07, 6.45) is 4.72. The summed E-state index contributed by atoms with van der Waals surface area (Å²) in [6, 6.07) is 4.81. The minimum absolute atomic E-state index is 0.0916. The molecule has 1 aromatic carbocycles. The van der Waals surface area contributed by atoms with Crippen LogP contribution in [0.1, 0.15) is 43.0 Å². The fourth-order valence-corrected chi connectivity index (χ4v) is 2.58. The Labute approximate surface area is 106 Å². The quantitative estimate of drug-likeness (QED) is 0.862. The van der Waals surface area contributed by atoms with Crippen LogP contribution in [0.5, 0.6) is 0 Å². The van der Waals surface area contributed by atoms with Crippen molar-refractivity contribution in [3.05, 3.63) is 28.8 Å². The lowest BCUT2D eigenvalue weighted by Gasteiger charge is -2.27. The van der Waals surface area contributed by atoms with Crippen LogP contribution in [-0.4, -0.2) is 16.6 Å². The molecular weight excluding hydrogens is 238 g/mol. The molecule has 0 bridgehead atoms. The van der Waals surface area contributed by atoms with Gasteiger partial charge in [-0.25, -0.2) is 4.79 Å². The van der Waals surface area contributed by atoms with E-state index < -0.39 is 5.97 Å². The smallest absolute Gasteiger partial charge is 0.335 e. The second kappa shape index (κ2) is 4.57. The van der Waals surface area contributed by atoms with Gasteiger partial charge in [-0.15, -0.1) is 0 Å². The second-order valence-electron chi connectivity index (χ2n) is 4.89. The fourth-order valence-electron chi connectivity index (χ4n) is 2.35. The van der Waals surface area contributed by atoms with Gasteiger partial charge in [0.15, 0.2) is 0 Å². The largest absolute Gasteiger partial charge is 0.478 e. The molecule has 3 nitrogen and oxygen atoms in total. The maximum atomic E-state index is 10.8. The Kier molecular flexibility index (Phi) is 3.29. The zero-order chi connectivity index (χ0) is 12.5. The summed E-state index contributed by atoms with van der Waals surface area (Å²) in [7, 11) is 0. The van der Waals surface area contributed by atoms with E-state index in [-0.39, 0.29) is 11.1 Å².